The van der Waals surface area contributed by atoms with E-state index < -0.39 is 0 Å². The van der Waals surface area contributed by atoms with Gasteiger partial charge in [0.15, 0.2) is 0 Å². The molecule has 6 heteroatoms. The number of anilines is 1. The van der Waals surface area contributed by atoms with Gasteiger partial charge in [0, 0.05) is 10.0 Å². The van der Waals surface area contributed by atoms with Gasteiger partial charge < -0.3 is 5.73 Å². The summed E-state index contributed by atoms with van der Waals surface area (Å²) >= 11 is 12.0. The highest BCUT2D eigenvalue weighted by Gasteiger charge is 2.10. The molecule has 0 aliphatic heterocycles. The molecule has 0 radical (unpaired) electrons. The van der Waals surface area contributed by atoms with Crippen LogP contribution in [0.2, 0.25) is 10.0 Å². The Balaban J connectivity index is 0.00000162. The van der Waals surface area contributed by atoms with Crippen LogP contribution in [0.1, 0.15) is 17.0 Å². The Bertz CT molecular complexity index is 564. The van der Waals surface area contributed by atoms with Crippen molar-refractivity contribution in [2.75, 3.05) is 5.73 Å². The lowest BCUT2D eigenvalue weighted by Gasteiger charge is -2.07. The molecule has 3 nitrogen and oxygen atoms in total. The Morgan fingerprint density at radius 3 is 2.44 bits per heavy atom. The summed E-state index contributed by atoms with van der Waals surface area (Å²) in [6.45, 7) is 4.43. The van der Waals surface area contributed by atoms with Crippen LogP contribution in [0.3, 0.4) is 0 Å². The quantitative estimate of drug-likeness (QED) is 0.915. The number of aryl methyl sites for hydroxylation is 1. The normalized spacial score (nSPS) is 10.2. The second-order valence-corrected chi connectivity index (χ2v) is 4.82. The molecular formula is C12H14Cl3N3. The molecule has 0 spiro atoms. The highest BCUT2D eigenvalue weighted by molar-refractivity contribution is 6.35. The molecule has 0 amide bonds. The molecule has 1 aromatic heterocycles. The van der Waals surface area contributed by atoms with Gasteiger partial charge in [0.2, 0.25) is 0 Å². The summed E-state index contributed by atoms with van der Waals surface area (Å²) in [7, 11) is 0. The summed E-state index contributed by atoms with van der Waals surface area (Å²) in [5.41, 5.74) is 9.38. The number of rotatable bonds is 2. The number of nitrogens with zero attached hydrogens (tertiary/aromatic N) is 2. The van der Waals surface area contributed by atoms with Crippen molar-refractivity contribution >= 4 is 41.3 Å². The minimum atomic E-state index is 0. The Morgan fingerprint density at radius 1 is 1.28 bits per heavy atom. The Labute approximate surface area is 122 Å². The van der Waals surface area contributed by atoms with Crippen molar-refractivity contribution < 1.29 is 0 Å². The fourth-order valence-electron chi connectivity index (χ4n) is 1.68. The van der Waals surface area contributed by atoms with Crippen LogP contribution in [0, 0.1) is 13.8 Å². The third-order valence-electron chi connectivity index (χ3n) is 2.77. The molecule has 0 saturated heterocycles. The summed E-state index contributed by atoms with van der Waals surface area (Å²) in [4.78, 5) is 0. The average molecular weight is 307 g/mol. The van der Waals surface area contributed by atoms with Crippen molar-refractivity contribution in [1.29, 1.82) is 0 Å². The highest BCUT2D eigenvalue weighted by Crippen LogP contribution is 2.23. The number of hydrogen-bond donors (Lipinski definition) is 1. The second kappa shape index (κ2) is 5.83. The first kappa shape index (κ1) is 15.2. The summed E-state index contributed by atoms with van der Waals surface area (Å²) in [5.74, 6) is 0. The van der Waals surface area contributed by atoms with Gasteiger partial charge >= 0.3 is 0 Å². The maximum atomic E-state index is 6.12. The van der Waals surface area contributed by atoms with Crippen LogP contribution in [-0.2, 0) is 6.54 Å². The van der Waals surface area contributed by atoms with E-state index in [1.165, 1.54) is 0 Å². The van der Waals surface area contributed by atoms with Gasteiger partial charge in [-0.15, -0.1) is 12.4 Å². The number of nitrogen functional groups attached to an aromatic ring is 1. The first-order valence-corrected chi connectivity index (χ1v) is 5.98. The molecule has 2 rings (SSSR count). The molecule has 98 valence electrons. The minimum absolute atomic E-state index is 0. The lowest BCUT2D eigenvalue weighted by atomic mass is 10.2. The lowest BCUT2D eigenvalue weighted by Crippen LogP contribution is -2.04. The van der Waals surface area contributed by atoms with Gasteiger partial charge in [-0.3, -0.25) is 4.68 Å². The van der Waals surface area contributed by atoms with Gasteiger partial charge in [-0.05, 0) is 31.5 Å². The highest BCUT2D eigenvalue weighted by atomic mass is 35.5. The van der Waals surface area contributed by atoms with Gasteiger partial charge in [-0.25, -0.2) is 0 Å². The number of benzene rings is 1. The number of hydrogen-bond acceptors (Lipinski definition) is 2. The topological polar surface area (TPSA) is 43.8 Å². The fraction of sp³-hybridized carbons (Fsp3) is 0.250. The molecule has 0 aliphatic rings. The zero-order chi connectivity index (χ0) is 12.6. The first-order chi connectivity index (χ1) is 7.99. The molecule has 1 heterocycles. The predicted molar refractivity (Wildman–Crippen MR) is 78.9 cm³/mol. The van der Waals surface area contributed by atoms with Crippen molar-refractivity contribution in [3.8, 4) is 0 Å². The van der Waals surface area contributed by atoms with Gasteiger partial charge in [-0.1, -0.05) is 29.3 Å². The second-order valence-electron chi connectivity index (χ2n) is 3.98. The van der Waals surface area contributed by atoms with Gasteiger partial charge in [-0.2, -0.15) is 5.10 Å². The molecule has 0 bridgehead atoms. The monoisotopic (exact) mass is 305 g/mol. The van der Waals surface area contributed by atoms with E-state index >= 15 is 0 Å². The molecule has 2 N–H and O–H groups in total. The van der Waals surface area contributed by atoms with Gasteiger partial charge in [0.25, 0.3) is 0 Å². The van der Waals surface area contributed by atoms with Crippen molar-refractivity contribution in [2.45, 2.75) is 20.4 Å². The van der Waals surface area contributed by atoms with Crippen LogP contribution in [0.15, 0.2) is 18.2 Å². The van der Waals surface area contributed by atoms with E-state index in [0.29, 0.717) is 16.6 Å². The lowest BCUT2D eigenvalue weighted by molar-refractivity contribution is 0.659. The van der Waals surface area contributed by atoms with Gasteiger partial charge in [0.1, 0.15) is 0 Å². The number of aromatic nitrogens is 2. The van der Waals surface area contributed by atoms with E-state index in [9.17, 15) is 0 Å². The van der Waals surface area contributed by atoms with E-state index in [2.05, 4.69) is 5.10 Å². The Kier molecular flexibility index (Phi) is 4.91. The van der Waals surface area contributed by atoms with Crippen molar-refractivity contribution in [2.24, 2.45) is 0 Å². The molecule has 0 saturated carbocycles. The maximum absolute atomic E-state index is 6.12. The summed E-state index contributed by atoms with van der Waals surface area (Å²) in [5, 5.41) is 5.64. The third-order valence-corrected chi connectivity index (χ3v) is 3.36. The van der Waals surface area contributed by atoms with Crippen molar-refractivity contribution in [3.05, 3.63) is 45.2 Å². The third kappa shape index (κ3) is 2.91. The SMILES string of the molecule is Cc1nn(Cc2ccc(Cl)cc2Cl)c(C)c1N.Cl. The van der Waals surface area contributed by atoms with Crippen LogP contribution in [-0.4, -0.2) is 9.78 Å². The minimum Gasteiger partial charge on any atom is -0.396 e. The van der Waals surface area contributed by atoms with E-state index in [1.54, 1.807) is 6.07 Å². The first-order valence-electron chi connectivity index (χ1n) is 5.22. The molecule has 0 fully saturated rings. The van der Waals surface area contributed by atoms with Crippen LogP contribution in [0.4, 0.5) is 5.69 Å². The molecule has 0 unspecified atom stereocenters. The summed E-state index contributed by atoms with van der Waals surface area (Å²) in [6.07, 6.45) is 0. The largest absolute Gasteiger partial charge is 0.396 e. The maximum Gasteiger partial charge on any atom is 0.0826 e. The number of nitrogens with two attached hydrogens (primary N) is 1. The summed E-state index contributed by atoms with van der Waals surface area (Å²) < 4.78 is 1.85. The average Bonchev–Trinajstić information content (AvgIpc) is 2.50. The van der Waals surface area contributed by atoms with E-state index in [0.717, 1.165) is 22.6 Å². The standard InChI is InChI=1S/C12H13Cl2N3.ClH/c1-7-12(15)8(2)17(16-7)6-9-3-4-10(13)5-11(9)14;/h3-5H,6,15H2,1-2H3;1H. The molecular weight excluding hydrogens is 293 g/mol. The van der Waals surface area contributed by atoms with Gasteiger partial charge in [0.05, 0.1) is 23.6 Å². The zero-order valence-electron chi connectivity index (χ0n) is 10.1. The summed E-state index contributed by atoms with van der Waals surface area (Å²) in [6, 6.07) is 5.45. The fourth-order valence-corrected chi connectivity index (χ4v) is 2.14. The molecule has 2 aromatic rings. The van der Waals surface area contributed by atoms with Crippen LogP contribution in [0.25, 0.3) is 0 Å². The smallest absolute Gasteiger partial charge is 0.0826 e. The predicted octanol–water partition coefficient (Wildman–Crippen LogP) is 3.86. The Hall–Kier alpha value is -0.900. The van der Waals surface area contributed by atoms with Crippen LogP contribution >= 0.6 is 35.6 Å². The molecule has 0 atom stereocenters. The Morgan fingerprint density at radius 2 is 1.94 bits per heavy atom. The zero-order valence-corrected chi connectivity index (χ0v) is 12.4. The van der Waals surface area contributed by atoms with E-state index in [-0.39, 0.29) is 12.4 Å². The molecule has 18 heavy (non-hydrogen) atoms. The van der Waals surface area contributed by atoms with Crippen LogP contribution in [0.5, 0.6) is 0 Å². The molecule has 0 aliphatic carbocycles. The number of halogens is 3. The van der Waals surface area contributed by atoms with E-state index in [1.807, 2.05) is 30.7 Å². The molecule has 1 aromatic carbocycles. The van der Waals surface area contributed by atoms with E-state index in [4.69, 9.17) is 28.9 Å². The van der Waals surface area contributed by atoms with Crippen molar-refractivity contribution in [3.63, 3.8) is 0 Å². The van der Waals surface area contributed by atoms with Crippen molar-refractivity contribution in [1.82, 2.24) is 9.78 Å². The van der Waals surface area contributed by atoms with Crippen LogP contribution < -0.4 is 5.73 Å².